The van der Waals surface area contributed by atoms with Crippen LogP contribution in [0.15, 0.2) is 22.7 Å². The van der Waals surface area contributed by atoms with E-state index in [0.29, 0.717) is 23.9 Å². The lowest BCUT2D eigenvalue weighted by Crippen LogP contribution is -2.37. The summed E-state index contributed by atoms with van der Waals surface area (Å²) in [6, 6.07) is 6.12. The maximum atomic E-state index is 12.2. The van der Waals surface area contributed by atoms with E-state index >= 15 is 0 Å². The van der Waals surface area contributed by atoms with Crippen LogP contribution < -0.4 is 10.1 Å². The first kappa shape index (κ1) is 16.3. The van der Waals surface area contributed by atoms with Gasteiger partial charge in [0.2, 0.25) is 0 Å². The van der Waals surface area contributed by atoms with Gasteiger partial charge in [-0.15, -0.1) is 0 Å². The molecule has 1 fully saturated rings. The second-order valence-corrected chi connectivity index (χ2v) is 6.44. The molecule has 0 unspecified atom stereocenters. The van der Waals surface area contributed by atoms with E-state index in [1.807, 2.05) is 6.07 Å². The Morgan fingerprint density at radius 3 is 2.81 bits per heavy atom. The Bertz CT molecular complexity index is 487. The number of nitrogens with zero attached hydrogens (tertiary/aromatic N) is 1. The number of ether oxygens (including phenoxy) is 1. The quantitative estimate of drug-likeness (QED) is 0.853. The third-order valence-electron chi connectivity index (χ3n) is 4.11. The van der Waals surface area contributed by atoms with Crippen molar-refractivity contribution >= 4 is 21.8 Å². The van der Waals surface area contributed by atoms with E-state index in [2.05, 4.69) is 33.2 Å². The third kappa shape index (κ3) is 4.45. The van der Waals surface area contributed by atoms with Crippen molar-refractivity contribution < 1.29 is 9.53 Å². The summed E-state index contributed by atoms with van der Waals surface area (Å²) in [6.45, 7) is 1.54. The van der Waals surface area contributed by atoms with Gasteiger partial charge in [-0.2, -0.15) is 0 Å². The zero-order valence-electron chi connectivity index (χ0n) is 12.7. The smallest absolute Gasteiger partial charge is 0.255 e. The molecular weight excluding hydrogens is 332 g/mol. The zero-order chi connectivity index (χ0) is 15.2. The van der Waals surface area contributed by atoms with Crippen LogP contribution in [0, 0.1) is 0 Å². The van der Waals surface area contributed by atoms with E-state index in [9.17, 15) is 4.79 Å². The summed E-state index contributed by atoms with van der Waals surface area (Å²) in [5.41, 5.74) is 0.573. The predicted molar refractivity (Wildman–Crippen MR) is 87.9 cm³/mol. The maximum absolute atomic E-state index is 12.2. The number of likely N-dealkylation sites (N-methyl/N-ethyl adjacent to an activating group) is 1. The summed E-state index contributed by atoms with van der Waals surface area (Å²) < 4.78 is 6.15. The van der Waals surface area contributed by atoms with Gasteiger partial charge in [0, 0.05) is 23.6 Å². The number of rotatable bonds is 6. The highest BCUT2D eigenvalue weighted by atomic mass is 79.9. The summed E-state index contributed by atoms with van der Waals surface area (Å²) in [5.74, 6) is 0.505. The van der Waals surface area contributed by atoms with Crippen LogP contribution in [0.25, 0.3) is 0 Å². The number of amides is 1. The fourth-order valence-electron chi connectivity index (χ4n) is 2.82. The molecule has 0 heterocycles. The lowest BCUT2D eigenvalue weighted by Gasteiger charge is -2.24. The van der Waals surface area contributed by atoms with E-state index in [-0.39, 0.29) is 5.91 Å². The molecule has 0 radical (unpaired) electrons. The Labute approximate surface area is 135 Å². The van der Waals surface area contributed by atoms with E-state index in [0.717, 1.165) is 11.0 Å². The minimum Gasteiger partial charge on any atom is -0.496 e. The number of halogens is 1. The highest BCUT2D eigenvalue weighted by molar-refractivity contribution is 9.10. The van der Waals surface area contributed by atoms with Crippen LogP contribution in [-0.2, 0) is 0 Å². The highest BCUT2D eigenvalue weighted by Crippen LogP contribution is 2.23. The van der Waals surface area contributed by atoms with Crippen molar-refractivity contribution in [2.45, 2.75) is 31.7 Å². The molecule has 0 aliphatic heterocycles. The number of hydrogen-bond acceptors (Lipinski definition) is 3. The number of hydrogen-bond donors (Lipinski definition) is 1. The number of nitrogens with one attached hydrogen (secondary N) is 1. The average Bonchev–Trinajstić information content (AvgIpc) is 3.01. The first-order valence-electron chi connectivity index (χ1n) is 7.44. The molecule has 0 bridgehead atoms. The topological polar surface area (TPSA) is 41.6 Å². The molecular formula is C16H23BrN2O2. The summed E-state index contributed by atoms with van der Waals surface area (Å²) in [4.78, 5) is 14.6. The van der Waals surface area contributed by atoms with Gasteiger partial charge in [-0.05, 0) is 38.1 Å². The molecule has 1 aromatic rings. The lowest BCUT2D eigenvalue weighted by molar-refractivity contribution is 0.0944. The Kier molecular flexibility index (Phi) is 6.06. The Balaban J connectivity index is 1.84. The number of carbonyl (C=O) groups is 1. The van der Waals surface area contributed by atoms with E-state index in [1.54, 1.807) is 19.2 Å². The second-order valence-electron chi connectivity index (χ2n) is 5.52. The van der Waals surface area contributed by atoms with Gasteiger partial charge in [0.25, 0.3) is 5.91 Å². The van der Waals surface area contributed by atoms with Gasteiger partial charge in [0.05, 0.1) is 12.7 Å². The van der Waals surface area contributed by atoms with Gasteiger partial charge in [-0.25, -0.2) is 0 Å². The third-order valence-corrected chi connectivity index (χ3v) is 4.60. The molecule has 1 aliphatic rings. The van der Waals surface area contributed by atoms with Crippen LogP contribution in [0.5, 0.6) is 5.75 Å². The molecule has 0 saturated heterocycles. The molecule has 1 amide bonds. The van der Waals surface area contributed by atoms with Crippen molar-refractivity contribution in [1.82, 2.24) is 10.2 Å². The van der Waals surface area contributed by atoms with Crippen molar-refractivity contribution in [3.8, 4) is 5.75 Å². The molecule has 1 aromatic carbocycles. The van der Waals surface area contributed by atoms with Crippen LogP contribution >= 0.6 is 15.9 Å². The average molecular weight is 355 g/mol. The fraction of sp³-hybridized carbons (Fsp3) is 0.562. The Hall–Kier alpha value is -1.07. The van der Waals surface area contributed by atoms with Crippen LogP contribution in [0.2, 0.25) is 0 Å². The Morgan fingerprint density at radius 2 is 2.14 bits per heavy atom. The highest BCUT2D eigenvalue weighted by Gasteiger charge is 2.19. The van der Waals surface area contributed by atoms with E-state index < -0.39 is 0 Å². The minimum atomic E-state index is -0.0841. The maximum Gasteiger partial charge on any atom is 0.255 e. The van der Waals surface area contributed by atoms with Crippen molar-refractivity contribution in [2.75, 3.05) is 27.2 Å². The van der Waals surface area contributed by atoms with E-state index in [1.165, 1.54) is 25.7 Å². The number of benzene rings is 1. The van der Waals surface area contributed by atoms with Gasteiger partial charge in [-0.3, -0.25) is 4.79 Å². The first-order chi connectivity index (χ1) is 10.1. The molecule has 2 rings (SSSR count). The molecule has 1 aliphatic carbocycles. The van der Waals surface area contributed by atoms with Crippen molar-refractivity contribution in [3.05, 3.63) is 28.2 Å². The standard InChI is InChI=1S/C16H23BrN2O2/c1-19(13-5-3-4-6-13)10-9-18-16(20)14-8-7-12(17)11-15(14)21-2/h7-8,11,13H,3-6,9-10H2,1-2H3,(H,18,20). The molecule has 1 saturated carbocycles. The molecule has 0 aromatic heterocycles. The summed E-state index contributed by atoms with van der Waals surface area (Å²) >= 11 is 3.38. The van der Waals surface area contributed by atoms with Gasteiger partial charge in [0.15, 0.2) is 0 Å². The monoisotopic (exact) mass is 354 g/mol. The van der Waals surface area contributed by atoms with Crippen molar-refractivity contribution in [2.24, 2.45) is 0 Å². The minimum absolute atomic E-state index is 0.0841. The molecule has 0 atom stereocenters. The van der Waals surface area contributed by atoms with Crippen LogP contribution in [0.1, 0.15) is 36.0 Å². The largest absolute Gasteiger partial charge is 0.496 e. The predicted octanol–water partition coefficient (Wildman–Crippen LogP) is 3.06. The van der Waals surface area contributed by atoms with E-state index in [4.69, 9.17) is 4.74 Å². The van der Waals surface area contributed by atoms with Crippen molar-refractivity contribution in [3.63, 3.8) is 0 Å². The molecule has 0 spiro atoms. The molecule has 1 N–H and O–H groups in total. The summed E-state index contributed by atoms with van der Waals surface area (Å²) in [7, 11) is 3.72. The second kappa shape index (κ2) is 7.80. The van der Waals surface area contributed by atoms with Crippen LogP contribution in [0.3, 0.4) is 0 Å². The Morgan fingerprint density at radius 1 is 1.43 bits per heavy atom. The van der Waals surface area contributed by atoms with Crippen LogP contribution in [0.4, 0.5) is 0 Å². The molecule has 21 heavy (non-hydrogen) atoms. The molecule has 4 nitrogen and oxygen atoms in total. The number of carbonyl (C=O) groups excluding carboxylic acids is 1. The molecule has 116 valence electrons. The SMILES string of the molecule is COc1cc(Br)ccc1C(=O)NCCN(C)C1CCCC1. The van der Waals surface area contributed by atoms with Gasteiger partial charge >= 0.3 is 0 Å². The fourth-order valence-corrected chi connectivity index (χ4v) is 3.16. The molecule has 5 heteroatoms. The van der Waals surface area contributed by atoms with Crippen LogP contribution in [-0.4, -0.2) is 44.1 Å². The summed E-state index contributed by atoms with van der Waals surface area (Å²) in [6.07, 6.45) is 5.23. The van der Waals surface area contributed by atoms with Gasteiger partial charge in [0.1, 0.15) is 5.75 Å². The number of methoxy groups -OCH3 is 1. The normalized spacial score (nSPS) is 15.4. The lowest BCUT2D eigenvalue weighted by atomic mass is 10.2. The van der Waals surface area contributed by atoms with Gasteiger partial charge < -0.3 is 15.0 Å². The first-order valence-corrected chi connectivity index (χ1v) is 8.23. The zero-order valence-corrected chi connectivity index (χ0v) is 14.3. The van der Waals surface area contributed by atoms with Crippen molar-refractivity contribution in [1.29, 1.82) is 0 Å². The van der Waals surface area contributed by atoms with Gasteiger partial charge in [-0.1, -0.05) is 28.8 Å². The summed E-state index contributed by atoms with van der Waals surface area (Å²) in [5, 5.41) is 2.97.